The zero-order valence-corrected chi connectivity index (χ0v) is 11.2. The van der Waals surface area contributed by atoms with Gasteiger partial charge in [0.2, 0.25) is 14.4 Å². The molecule has 0 radical (unpaired) electrons. The van der Waals surface area contributed by atoms with Crippen molar-refractivity contribution in [2.24, 2.45) is 4.99 Å². The molecular weight excluding hydrogens is 206 g/mol. The van der Waals surface area contributed by atoms with Crippen LogP contribution in [0.1, 0.15) is 40.0 Å². The molecule has 4 heteroatoms. The molecular formula is C11H21NO2Si. The summed E-state index contributed by atoms with van der Waals surface area (Å²) in [5, 5.41) is 0. The summed E-state index contributed by atoms with van der Waals surface area (Å²) in [5.74, 6) is 0. The average molecular weight is 227 g/mol. The molecule has 1 rings (SSSR count). The third-order valence-electron chi connectivity index (χ3n) is 3.26. The van der Waals surface area contributed by atoms with Gasteiger partial charge in [-0.2, -0.15) is 0 Å². The predicted molar refractivity (Wildman–Crippen MR) is 63.0 cm³/mol. The van der Waals surface area contributed by atoms with Crippen molar-refractivity contribution in [3.05, 3.63) is 0 Å². The first kappa shape index (κ1) is 12.6. The summed E-state index contributed by atoms with van der Waals surface area (Å²) in [6, 6.07) is 1.11. The maximum absolute atomic E-state index is 10.4. The zero-order valence-electron chi connectivity index (χ0n) is 10.2. The lowest BCUT2D eigenvalue weighted by Crippen LogP contribution is -2.54. The van der Waals surface area contributed by atoms with Gasteiger partial charge in [-0.05, 0) is 39.3 Å². The molecule has 1 aliphatic rings. The van der Waals surface area contributed by atoms with Crippen molar-refractivity contribution in [2.75, 3.05) is 0 Å². The lowest BCUT2D eigenvalue weighted by atomic mass is 10.0. The molecule has 0 N–H and O–H groups in total. The van der Waals surface area contributed by atoms with E-state index in [2.05, 4.69) is 32.3 Å². The molecule has 3 nitrogen and oxygen atoms in total. The summed E-state index contributed by atoms with van der Waals surface area (Å²) in [5.41, 5.74) is 0.0416. The van der Waals surface area contributed by atoms with Gasteiger partial charge in [0.05, 0.1) is 11.3 Å². The maximum atomic E-state index is 10.4. The van der Waals surface area contributed by atoms with Crippen LogP contribution in [0, 0.1) is 0 Å². The normalized spacial score (nSPS) is 31.7. The van der Waals surface area contributed by atoms with Gasteiger partial charge in [0, 0.05) is 0 Å². The van der Waals surface area contributed by atoms with Gasteiger partial charge >= 0.3 is 0 Å². The highest BCUT2D eigenvalue weighted by molar-refractivity contribution is 6.74. The van der Waals surface area contributed by atoms with Crippen molar-refractivity contribution in [3.63, 3.8) is 0 Å². The average Bonchev–Trinajstić information content (AvgIpc) is 2.11. The van der Waals surface area contributed by atoms with E-state index in [9.17, 15) is 4.79 Å². The van der Waals surface area contributed by atoms with Gasteiger partial charge in [0.25, 0.3) is 0 Å². The Bertz CT molecular complexity index is 274. The number of nitrogens with zero attached hydrogens (tertiary/aromatic N) is 1. The smallest absolute Gasteiger partial charge is 0.235 e. The van der Waals surface area contributed by atoms with Crippen LogP contribution in [0.2, 0.25) is 12.6 Å². The Balaban J connectivity index is 2.84. The van der Waals surface area contributed by atoms with Gasteiger partial charge in [-0.15, -0.1) is 0 Å². The quantitative estimate of drug-likeness (QED) is 0.422. The molecule has 0 aromatic heterocycles. The Kier molecular flexibility index (Phi) is 3.87. The first-order chi connectivity index (χ1) is 6.93. The van der Waals surface area contributed by atoms with E-state index in [1.54, 1.807) is 6.08 Å². The fourth-order valence-corrected chi connectivity index (χ4v) is 6.56. The van der Waals surface area contributed by atoms with Gasteiger partial charge in [0.15, 0.2) is 0 Å². The Morgan fingerprint density at radius 1 is 1.60 bits per heavy atom. The molecule has 0 amide bonds. The van der Waals surface area contributed by atoms with Gasteiger partial charge in [0.1, 0.15) is 0 Å². The molecule has 1 heterocycles. The minimum absolute atomic E-state index is 0.0367. The second-order valence-electron chi connectivity index (χ2n) is 5.17. The number of aliphatic imine (C=N–C) groups is 1. The van der Waals surface area contributed by atoms with Crippen LogP contribution in [0.5, 0.6) is 0 Å². The number of isocyanates is 1. The molecule has 0 aromatic rings. The molecule has 15 heavy (non-hydrogen) atoms. The fourth-order valence-electron chi connectivity index (χ4n) is 2.56. The van der Waals surface area contributed by atoms with Crippen molar-refractivity contribution >= 4 is 14.4 Å². The van der Waals surface area contributed by atoms with Crippen LogP contribution in [-0.2, 0) is 9.22 Å². The van der Waals surface area contributed by atoms with Crippen LogP contribution in [0.25, 0.3) is 0 Å². The van der Waals surface area contributed by atoms with Crippen molar-refractivity contribution < 1.29 is 9.22 Å². The summed E-state index contributed by atoms with van der Waals surface area (Å²) in [4.78, 5) is 14.3. The van der Waals surface area contributed by atoms with E-state index in [0.717, 1.165) is 18.9 Å². The SMILES string of the molecule is CCC(N=C=O)[Si]1(C)CCCC(C)(C)O1. The van der Waals surface area contributed by atoms with Crippen LogP contribution < -0.4 is 0 Å². The molecule has 0 saturated carbocycles. The summed E-state index contributed by atoms with van der Waals surface area (Å²) >= 11 is 0. The second kappa shape index (κ2) is 4.60. The summed E-state index contributed by atoms with van der Waals surface area (Å²) < 4.78 is 6.23. The monoisotopic (exact) mass is 227 g/mol. The Morgan fingerprint density at radius 3 is 2.73 bits per heavy atom. The zero-order chi connectivity index (χ0) is 11.5. The summed E-state index contributed by atoms with van der Waals surface area (Å²) in [6.07, 6.45) is 4.88. The fraction of sp³-hybridized carbons (Fsp3) is 0.909. The van der Waals surface area contributed by atoms with Crippen LogP contribution in [0.15, 0.2) is 4.99 Å². The standard InChI is InChI=1S/C11H21NO2Si/c1-5-10(12-9-13)15(4)8-6-7-11(2,3)14-15/h10H,5-8H2,1-4H3. The van der Waals surface area contributed by atoms with Crippen molar-refractivity contribution in [1.29, 1.82) is 0 Å². The first-order valence-electron chi connectivity index (χ1n) is 5.71. The number of hydrogen-bond donors (Lipinski definition) is 0. The van der Waals surface area contributed by atoms with E-state index in [4.69, 9.17) is 4.43 Å². The van der Waals surface area contributed by atoms with Crippen molar-refractivity contribution in [1.82, 2.24) is 0 Å². The van der Waals surface area contributed by atoms with Gasteiger partial charge in [-0.25, -0.2) is 9.79 Å². The molecule has 0 aliphatic carbocycles. The van der Waals surface area contributed by atoms with Gasteiger partial charge in [-0.1, -0.05) is 13.3 Å². The van der Waals surface area contributed by atoms with Crippen LogP contribution in [0.4, 0.5) is 0 Å². The van der Waals surface area contributed by atoms with Gasteiger partial charge in [-0.3, -0.25) is 0 Å². The second-order valence-corrected chi connectivity index (χ2v) is 9.17. The van der Waals surface area contributed by atoms with Crippen molar-refractivity contribution in [2.45, 2.75) is 63.9 Å². The molecule has 0 aromatic carbocycles. The lowest BCUT2D eigenvalue weighted by Gasteiger charge is -2.44. The lowest BCUT2D eigenvalue weighted by molar-refractivity contribution is 0.0667. The molecule has 1 saturated heterocycles. The van der Waals surface area contributed by atoms with Crippen LogP contribution in [0.3, 0.4) is 0 Å². The van der Waals surface area contributed by atoms with Crippen LogP contribution >= 0.6 is 0 Å². The predicted octanol–water partition coefficient (Wildman–Crippen LogP) is 2.80. The first-order valence-corrected chi connectivity index (χ1v) is 8.40. The molecule has 2 unspecified atom stereocenters. The summed E-state index contributed by atoms with van der Waals surface area (Å²) in [6.45, 7) is 8.53. The minimum Gasteiger partial charge on any atom is -0.410 e. The Hall–Kier alpha value is -0.443. The largest absolute Gasteiger partial charge is 0.410 e. The highest BCUT2D eigenvalue weighted by Gasteiger charge is 2.45. The molecule has 1 fully saturated rings. The molecule has 0 spiro atoms. The maximum Gasteiger partial charge on any atom is 0.235 e. The van der Waals surface area contributed by atoms with E-state index >= 15 is 0 Å². The molecule has 86 valence electrons. The van der Waals surface area contributed by atoms with Crippen LogP contribution in [-0.4, -0.2) is 25.7 Å². The minimum atomic E-state index is -1.85. The molecule has 2 atom stereocenters. The third-order valence-corrected chi connectivity index (χ3v) is 7.57. The van der Waals surface area contributed by atoms with E-state index in [0.29, 0.717) is 0 Å². The van der Waals surface area contributed by atoms with Gasteiger partial charge < -0.3 is 4.43 Å². The van der Waals surface area contributed by atoms with E-state index < -0.39 is 8.32 Å². The number of carbonyl (C=O) groups excluding carboxylic acids is 1. The Morgan fingerprint density at radius 2 is 2.27 bits per heavy atom. The highest BCUT2D eigenvalue weighted by atomic mass is 28.4. The summed E-state index contributed by atoms with van der Waals surface area (Å²) in [7, 11) is -1.85. The third kappa shape index (κ3) is 3.00. The van der Waals surface area contributed by atoms with E-state index in [1.165, 1.54) is 6.42 Å². The van der Waals surface area contributed by atoms with E-state index in [-0.39, 0.29) is 11.3 Å². The van der Waals surface area contributed by atoms with E-state index in [1.807, 2.05) is 0 Å². The Labute approximate surface area is 93.1 Å². The number of rotatable bonds is 3. The van der Waals surface area contributed by atoms with Crippen molar-refractivity contribution in [3.8, 4) is 0 Å². The number of hydrogen-bond acceptors (Lipinski definition) is 3. The topological polar surface area (TPSA) is 38.7 Å². The molecule has 0 bridgehead atoms. The molecule has 1 aliphatic heterocycles. The highest BCUT2D eigenvalue weighted by Crippen LogP contribution is 2.36.